The molecular formula is C34H37N3O10. The maximum Gasteiger partial charge on any atom is 0.408 e. The highest BCUT2D eigenvalue weighted by molar-refractivity contribution is 5.96. The number of esters is 2. The van der Waals surface area contributed by atoms with E-state index in [9.17, 15) is 39.0 Å². The summed E-state index contributed by atoms with van der Waals surface area (Å²) < 4.78 is 10.1. The standard InChI is InChI=1S/C34H37N3O10/c1-21(36-34(45)46-20-24-15-9-4-10-16-24)29(38)37-27(19-25(30(39)40)17-22-11-5-2-6-12-22)32(43)47-33(44)28(35)26(31(41)42)18-23-13-7-3-8-14-23/h2-16,21,25-28H,17-20,35H2,1H3,(H,36,45)(H,37,38)(H,39,40)(H,41,42)/t21-,25?,26?,27-,28-/m0/s1. The van der Waals surface area contributed by atoms with Gasteiger partial charge in [0.25, 0.3) is 0 Å². The van der Waals surface area contributed by atoms with Crippen molar-refractivity contribution in [2.24, 2.45) is 17.6 Å². The fourth-order valence-corrected chi connectivity index (χ4v) is 4.61. The summed E-state index contributed by atoms with van der Waals surface area (Å²) in [5, 5.41) is 24.3. The monoisotopic (exact) mass is 647 g/mol. The Morgan fingerprint density at radius 1 is 0.702 bits per heavy atom. The Bertz CT molecular complexity index is 1520. The predicted octanol–water partition coefficient (Wildman–Crippen LogP) is 2.46. The summed E-state index contributed by atoms with van der Waals surface area (Å²) in [5.74, 6) is -8.98. The summed E-state index contributed by atoms with van der Waals surface area (Å²) in [4.78, 5) is 75.7. The number of amides is 2. The van der Waals surface area contributed by atoms with E-state index in [-0.39, 0.29) is 19.4 Å². The van der Waals surface area contributed by atoms with Crippen molar-refractivity contribution in [2.75, 3.05) is 0 Å². The number of hydrogen-bond acceptors (Lipinski definition) is 9. The first-order valence-corrected chi connectivity index (χ1v) is 14.8. The molecule has 0 aliphatic rings. The van der Waals surface area contributed by atoms with Gasteiger partial charge in [-0.3, -0.25) is 14.4 Å². The number of benzene rings is 3. The molecule has 3 rings (SSSR count). The third kappa shape index (κ3) is 11.7. The van der Waals surface area contributed by atoms with Crippen molar-refractivity contribution in [1.82, 2.24) is 10.6 Å². The highest BCUT2D eigenvalue weighted by Crippen LogP contribution is 2.18. The molecule has 0 aliphatic heterocycles. The Hall–Kier alpha value is -5.56. The normalized spacial score (nSPS) is 13.9. The van der Waals surface area contributed by atoms with E-state index in [0.717, 1.165) is 0 Å². The number of carboxylic acid groups (broad SMARTS) is 2. The number of hydrogen-bond donors (Lipinski definition) is 5. The van der Waals surface area contributed by atoms with Gasteiger partial charge >= 0.3 is 30.0 Å². The Morgan fingerprint density at radius 2 is 1.21 bits per heavy atom. The zero-order valence-corrected chi connectivity index (χ0v) is 25.6. The molecule has 248 valence electrons. The van der Waals surface area contributed by atoms with Crippen LogP contribution >= 0.6 is 0 Å². The van der Waals surface area contributed by atoms with E-state index < -0.39 is 72.3 Å². The van der Waals surface area contributed by atoms with Gasteiger partial charge < -0.3 is 36.1 Å². The summed E-state index contributed by atoms with van der Waals surface area (Å²) in [5.41, 5.74) is 7.86. The van der Waals surface area contributed by atoms with Crippen LogP contribution < -0.4 is 16.4 Å². The predicted molar refractivity (Wildman–Crippen MR) is 167 cm³/mol. The van der Waals surface area contributed by atoms with Crippen LogP contribution in [0.25, 0.3) is 0 Å². The number of alkyl carbamates (subject to hydrolysis) is 1. The van der Waals surface area contributed by atoms with Crippen LogP contribution in [0.15, 0.2) is 91.0 Å². The van der Waals surface area contributed by atoms with Crippen LogP contribution in [0.2, 0.25) is 0 Å². The third-order valence-electron chi connectivity index (χ3n) is 7.26. The second-order valence-corrected chi connectivity index (χ2v) is 10.8. The van der Waals surface area contributed by atoms with Crippen LogP contribution in [0.1, 0.15) is 30.0 Å². The molecule has 47 heavy (non-hydrogen) atoms. The number of rotatable bonds is 16. The zero-order chi connectivity index (χ0) is 34.3. The van der Waals surface area contributed by atoms with Crippen molar-refractivity contribution in [2.45, 2.75) is 50.9 Å². The Balaban J connectivity index is 1.73. The van der Waals surface area contributed by atoms with Crippen LogP contribution in [-0.4, -0.2) is 64.2 Å². The summed E-state index contributed by atoms with van der Waals surface area (Å²) in [6.45, 7) is 1.24. The maximum atomic E-state index is 13.3. The molecule has 0 saturated heterocycles. The number of carboxylic acids is 2. The molecule has 2 amide bonds. The minimum absolute atomic E-state index is 0.0267. The van der Waals surface area contributed by atoms with Crippen molar-refractivity contribution >= 4 is 35.9 Å². The first-order chi connectivity index (χ1) is 22.4. The number of nitrogens with one attached hydrogen (secondary N) is 2. The van der Waals surface area contributed by atoms with Crippen LogP contribution in [0, 0.1) is 11.8 Å². The van der Waals surface area contributed by atoms with Gasteiger partial charge in [-0.1, -0.05) is 91.0 Å². The average Bonchev–Trinajstić information content (AvgIpc) is 3.06. The molecule has 6 N–H and O–H groups in total. The van der Waals surface area contributed by atoms with Crippen LogP contribution in [0.4, 0.5) is 4.79 Å². The van der Waals surface area contributed by atoms with Crippen molar-refractivity contribution in [1.29, 1.82) is 0 Å². The van der Waals surface area contributed by atoms with Crippen LogP contribution in [-0.2, 0) is 52.9 Å². The summed E-state index contributed by atoms with van der Waals surface area (Å²) in [6.07, 6.45) is -1.60. The molecule has 5 atom stereocenters. The van der Waals surface area contributed by atoms with E-state index in [0.29, 0.717) is 16.7 Å². The number of carbonyl (C=O) groups is 6. The smallest absolute Gasteiger partial charge is 0.408 e. The van der Waals surface area contributed by atoms with Gasteiger partial charge in [-0.05, 0) is 42.9 Å². The summed E-state index contributed by atoms with van der Waals surface area (Å²) >= 11 is 0. The summed E-state index contributed by atoms with van der Waals surface area (Å²) in [6, 6.07) is 21.0. The lowest BCUT2D eigenvalue weighted by Gasteiger charge is -2.24. The van der Waals surface area contributed by atoms with Gasteiger partial charge in [0.15, 0.2) is 0 Å². The molecule has 0 aromatic heterocycles. The van der Waals surface area contributed by atoms with Crippen molar-refractivity contribution in [3.63, 3.8) is 0 Å². The topological polar surface area (TPSA) is 211 Å². The average molecular weight is 648 g/mol. The molecule has 0 saturated carbocycles. The number of aliphatic carboxylic acids is 2. The molecule has 3 aromatic rings. The molecule has 2 unspecified atom stereocenters. The molecular weight excluding hydrogens is 610 g/mol. The molecule has 13 nitrogen and oxygen atoms in total. The fraction of sp³-hybridized carbons (Fsp3) is 0.294. The lowest BCUT2D eigenvalue weighted by Crippen LogP contribution is -2.53. The van der Waals surface area contributed by atoms with Crippen molar-refractivity contribution in [3.05, 3.63) is 108 Å². The first-order valence-electron chi connectivity index (χ1n) is 14.8. The van der Waals surface area contributed by atoms with E-state index in [1.165, 1.54) is 6.92 Å². The number of ether oxygens (including phenoxy) is 2. The van der Waals surface area contributed by atoms with Gasteiger partial charge in [-0.25, -0.2) is 14.4 Å². The SMILES string of the molecule is C[C@H](NC(=O)OCc1ccccc1)C(=O)N[C@@H](CC(Cc1ccccc1)C(=O)O)C(=O)OC(=O)[C@@H](N)C(Cc1ccccc1)C(=O)O. The second-order valence-electron chi connectivity index (χ2n) is 10.8. The highest BCUT2D eigenvalue weighted by Gasteiger charge is 2.37. The van der Waals surface area contributed by atoms with Crippen molar-refractivity contribution in [3.8, 4) is 0 Å². The second kappa shape index (κ2) is 17.8. The summed E-state index contributed by atoms with van der Waals surface area (Å²) in [7, 11) is 0. The molecule has 3 aromatic carbocycles. The van der Waals surface area contributed by atoms with E-state index in [1.54, 1.807) is 91.0 Å². The Morgan fingerprint density at radius 3 is 1.72 bits per heavy atom. The van der Waals surface area contributed by atoms with Gasteiger partial charge in [0.05, 0.1) is 11.8 Å². The molecule has 0 aliphatic carbocycles. The largest absolute Gasteiger partial charge is 0.481 e. The van der Waals surface area contributed by atoms with Gasteiger partial charge in [0, 0.05) is 0 Å². The third-order valence-corrected chi connectivity index (χ3v) is 7.26. The van der Waals surface area contributed by atoms with Gasteiger partial charge in [0.1, 0.15) is 24.7 Å². The first kappa shape index (κ1) is 35.9. The van der Waals surface area contributed by atoms with E-state index in [2.05, 4.69) is 10.6 Å². The molecule has 0 spiro atoms. The Labute approximate surface area is 271 Å². The molecule has 13 heteroatoms. The van der Waals surface area contributed by atoms with Crippen LogP contribution in [0.5, 0.6) is 0 Å². The van der Waals surface area contributed by atoms with Crippen LogP contribution in [0.3, 0.4) is 0 Å². The lowest BCUT2D eigenvalue weighted by atomic mass is 9.92. The minimum Gasteiger partial charge on any atom is -0.481 e. The zero-order valence-electron chi connectivity index (χ0n) is 25.6. The molecule has 0 bridgehead atoms. The van der Waals surface area contributed by atoms with E-state index in [4.69, 9.17) is 15.2 Å². The number of carbonyl (C=O) groups excluding carboxylic acids is 4. The molecule has 0 fully saturated rings. The number of nitrogens with two attached hydrogens (primary N) is 1. The lowest BCUT2D eigenvalue weighted by molar-refractivity contribution is -0.166. The Kier molecular flexibility index (Phi) is 13.6. The fourth-order valence-electron chi connectivity index (χ4n) is 4.61. The van der Waals surface area contributed by atoms with E-state index in [1.807, 2.05) is 0 Å². The van der Waals surface area contributed by atoms with E-state index >= 15 is 0 Å². The van der Waals surface area contributed by atoms with Gasteiger partial charge in [-0.15, -0.1) is 0 Å². The van der Waals surface area contributed by atoms with Gasteiger partial charge in [-0.2, -0.15) is 0 Å². The van der Waals surface area contributed by atoms with Gasteiger partial charge in [0.2, 0.25) is 5.91 Å². The van der Waals surface area contributed by atoms with Crippen molar-refractivity contribution < 1.29 is 48.5 Å². The quantitative estimate of drug-likeness (QED) is 0.113. The minimum atomic E-state index is -1.77. The maximum absolute atomic E-state index is 13.3. The molecule has 0 heterocycles. The molecule has 0 radical (unpaired) electrons. The highest BCUT2D eigenvalue weighted by atomic mass is 16.6.